The van der Waals surface area contributed by atoms with E-state index in [1.165, 1.54) is 5.56 Å². The van der Waals surface area contributed by atoms with E-state index in [4.69, 9.17) is 10.5 Å². The summed E-state index contributed by atoms with van der Waals surface area (Å²) in [6, 6.07) is 10.5. The molecule has 1 heterocycles. The van der Waals surface area contributed by atoms with Crippen molar-refractivity contribution in [2.24, 2.45) is 11.7 Å². The van der Waals surface area contributed by atoms with Crippen molar-refractivity contribution < 1.29 is 4.74 Å². The van der Waals surface area contributed by atoms with E-state index < -0.39 is 0 Å². The zero-order valence-electron chi connectivity index (χ0n) is 9.23. The van der Waals surface area contributed by atoms with Crippen molar-refractivity contribution in [2.45, 2.75) is 31.9 Å². The molecule has 0 bridgehead atoms. The number of hydrogen-bond donors (Lipinski definition) is 1. The summed E-state index contributed by atoms with van der Waals surface area (Å²) in [5, 5.41) is 0. The first-order valence-electron chi connectivity index (χ1n) is 5.75. The molecule has 2 N–H and O–H groups in total. The molecule has 1 aliphatic rings. The highest BCUT2D eigenvalue weighted by Crippen LogP contribution is 2.32. The number of hydrogen-bond acceptors (Lipinski definition) is 2. The molecule has 82 valence electrons. The van der Waals surface area contributed by atoms with E-state index in [1.807, 2.05) is 18.2 Å². The molecule has 1 aliphatic heterocycles. The van der Waals surface area contributed by atoms with E-state index in [0.29, 0.717) is 12.0 Å². The maximum Gasteiger partial charge on any atom is 0.0619 e. The summed E-state index contributed by atoms with van der Waals surface area (Å²) < 4.78 is 5.68. The lowest BCUT2D eigenvalue weighted by Gasteiger charge is -2.23. The predicted molar refractivity (Wildman–Crippen MR) is 61.5 cm³/mol. The van der Waals surface area contributed by atoms with Gasteiger partial charge in [0.05, 0.1) is 6.10 Å². The largest absolute Gasteiger partial charge is 0.378 e. The summed E-state index contributed by atoms with van der Waals surface area (Å²) in [6.07, 6.45) is 2.50. The molecule has 0 amide bonds. The van der Waals surface area contributed by atoms with Gasteiger partial charge in [-0.05, 0) is 18.4 Å². The fraction of sp³-hybridized carbons (Fsp3) is 0.538. The SMILES string of the molecule is CCC1OCCC1C(N)c1ccccc1. The second-order valence-corrected chi connectivity index (χ2v) is 4.21. The van der Waals surface area contributed by atoms with Crippen molar-refractivity contribution in [2.75, 3.05) is 6.61 Å². The van der Waals surface area contributed by atoms with Crippen LogP contribution in [-0.2, 0) is 4.74 Å². The Hall–Kier alpha value is -0.860. The van der Waals surface area contributed by atoms with Crippen LogP contribution in [0.1, 0.15) is 31.4 Å². The van der Waals surface area contributed by atoms with E-state index in [0.717, 1.165) is 19.4 Å². The lowest BCUT2D eigenvalue weighted by molar-refractivity contribution is 0.0813. The maximum atomic E-state index is 6.29. The summed E-state index contributed by atoms with van der Waals surface area (Å²) in [5.41, 5.74) is 7.51. The summed E-state index contributed by atoms with van der Waals surface area (Å²) >= 11 is 0. The van der Waals surface area contributed by atoms with Gasteiger partial charge in [0.15, 0.2) is 0 Å². The molecule has 0 aromatic heterocycles. The van der Waals surface area contributed by atoms with E-state index in [1.54, 1.807) is 0 Å². The highest BCUT2D eigenvalue weighted by Gasteiger charge is 2.32. The molecule has 1 fully saturated rings. The summed E-state index contributed by atoms with van der Waals surface area (Å²) in [4.78, 5) is 0. The third-order valence-corrected chi connectivity index (χ3v) is 3.31. The van der Waals surface area contributed by atoms with Gasteiger partial charge >= 0.3 is 0 Å². The van der Waals surface area contributed by atoms with Gasteiger partial charge in [0.25, 0.3) is 0 Å². The second-order valence-electron chi connectivity index (χ2n) is 4.21. The van der Waals surface area contributed by atoms with E-state index >= 15 is 0 Å². The monoisotopic (exact) mass is 205 g/mol. The Balaban J connectivity index is 2.10. The van der Waals surface area contributed by atoms with Gasteiger partial charge in [-0.25, -0.2) is 0 Å². The minimum atomic E-state index is 0.124. The Morgan fingerprint density at radius 2 is 2.13 bits per heavy atom. The molecule has 1 aromatic carbocycles. The molecule has 3 unspecified atom stereocenters. The van der Waals surface area contributed by atoms with Gasteiger partial charge in [0.2, 0.25) is 0 Å². The predicted octanol–water partition coefficient (Wildman–Crippen LogP) is 2.50. The Labute approximate surface area is 91.4 Å². The zero-order chi connectivity index (χ0) is 10.7. The lowest BCUT2D eigenvalue weighted by Crippen LogP contribution is -2.27. The van der Waals surface area contributed by atoms with Crippen molar-refractivity contribution in [3.8, 4) is 0 Å². The first-order chi connectivity index (χ1) is 7.33. The normalized spacial score (nSPS) is 27.9. The summed E-state index contributed by atoms with van der Waals surface area (Å²) in [6.45, 7) is 3.03. The van der Waals surface area contributed by atoms with Gasteiger partial charge in [0, 0.05) is 18.6 Å². The minimum Gasteiger partial charge on any atom is -0.378 e. The number of ether oxygens (including phenoxy) is 1. The molecular weight excluding hydrogens is 186 g/mol. The molecule has 1 aromatic rings. The number of rotatable bonds is 3. The van der Waals surface area contributed by atoms with Crippen LogP contribution >= 0.6 is 0 Å². The topological polar surface area (TPSA) is 35.2 Å². The van der Waals surface area contributed by atoms with Gasteiger partial charge in [-0.2, -0.15) is 0 Å². The Kier molecular flexibility index (Phi) is 3.39. The standard InChI is InChI=1S/C13H19NO/c1-2-12-11(8-9-15-12)13(14)10-6-4-3-5-7-10/h3-7,11-13H,2,8-9,14H2,1H3. The van der Waals surface area contributed by atoms with Crippen LogP contribution < -0.4 is 5.73 Å². The van der Waals surface area contributed by atoms with Crippen LogP contribution in [0.25, 0.3) is 0 Å². The maximum absolute atomic E-state index is 6.29. The third kappa shape index (κ3) is 2.21. The van der Waals surface area contributed by atoms with Gasteiger partial charge < -0.3 is 10.5 Å². The van der Waals surface area contributed by atoms with Crippen molar-refractivity contribution in [3.63, 3.8) is 0 Å². The van der Waals surface area contributed by atoms with Crippen LogP contribution in [-0.4, -0.2) is 12.7 Å². The first kappa shape index (κ1) is 10.7. The van der Waals surface area contributed by atoms with E-state index in [9.17, 15) is 0 Å². The van der Waals surface area contributed by atoms with E-state index in [-0.39, 0.29) is 6.04 Å². The molecule has 1 saturated heterocycles. The van der Waals surface area contributed by atoms with Gasteiger partial charge in [-0.3, -0.25) is 0 Å². The van der Waals surface area contributed by atoms with Gasteiger partial charge in [0.1, 0.15) is 0 Å². The highest BCUT2D eigenvalue weighted by atomic mass is 16.5. The second kappa shape index (κ2) is 4.77. The van der Waals surface area contributed by atoms with Crippen molar-refractivity contribution >= 4 is 0 Å². The van der Waals surface area contributed by atoms with Crippen LogP contribution in [0, 0.1) is 5.92 Å². The molecular formula is C13H19NO. The number of benzene rings is 1. The molecule has 2 rings (SSSR count). The van der Waals surface area contributed by atoms with Crippen LogP contribution in [0.5, 0.6) is 0 Å². The molecule has 0 saturated carbocycles. The van der Waals surface area contributed by atoms with Crippen molar-refractivity contribution in [1.82, 2.24) is 0 Å². The van der Waals surface area contributed by atoms with Gasteiger partial charge in [-0.1, -0.05) is 37.3 Å². The fourth-order valence-corrected chi connectivity index (χ4v) is 2.42. The number of nitrogens with two attached hydrogens (primary N) is 1. The molecule has 0 radical (unpaired) electrons. The van der Waals surface area contributed by atoms with Gasteiger partial charge in [-0.15, -0.1) is 0 Å². The smallest absolute Gasteiger partial charge is 0.0619 e. The summed E-state index contributed by atoms with van der Waals surface area (Å²) in [5.74, 6) is 0.484. The van der Waals surface area contributed by atoms with Crippen LogP contribution in [0.3, 0.4) is 0 Å². The molecule has 0 spiro atoms. The molecule has 3 atom stereocenters. The van der Waals surface area contributed by atoms with Crippen LogP contribution in [0.15, 0.2) is 30.3 Å². The Morgan fingerprint density at radius 1 is 1.40 bits per heavy atom. The Bertz CT molecular complexity index is 299. The molecule has 0 aliphatic carbocycles. The lowest BCUT2D eigenvalue weighted by atomic mass is 9.87. The average Bonchev–Trinajstić information content (AvgIpc) is 2.77. The third-order valence-electron chi connectivity index (χ3n) is 3.31. The molecule has 2 nitrogen and oxygen atoms in total. The summed E-state index contributed by atoms with van der Waals surface area (Å²) in [7, 11) is 0. The molecule has 15 heavy (non-hydrogen) atoms. The van der Waals surface area contributed by atoms with Crippen LogP contribution in [0.4, 0.5) is 0 Å². The zero-order valence-corrected chi connectivity index (χ0v) is 9.23. The molecule has 2 heteroatoms. The fourth-order valence-electron chi connectivity index (χ4n) is 2.42. The highest BCUT2D eigenvalue weighted by molar-refractivity contribution is 5.19. The first-order valence-corrected chi connectivity index (χ1v) is 5.75. The minimum absolute atomic E-state index is 0.124. The van der Waals surface area contributed by atoms with Crippen molar-refractivity contribution in [1.29, 1.82) is 0 Å². The quantitative estimate of drug-likeness (QED) is 0.823. The van der Waals surface area contributed by atoms with Crippen molar-refractivity contribution in [3.05, 3.63) is 35.9 Å². The Morgan fingerprint density at radius 3 is 2.80 bits per heavy atom. The average molecular weight is 205 g/mol. The van der Waals surface area contributed by atoms with E-state index in [2.05, 4.69) is 19.1 Å². The van der Waals surface area contributed by atoms with Crippen LogP contribution in [0.2, 0.25) is 0 Å².